The molecule has 0 unspecified atom stereocenters. The van der Waals surface area contributed by atoms with E-state index in [0.717, 1.165) is 44.0 Å². The molecule has 1 saturated heterocycles. The second-order valence-corrected chi connectivity index (χ2v) is 8.15. The zero-order valence-electron chi connectivity index (χ0n) is 17.4. The van der Waals surface area contributed by atoms with Crippen molar-refractivity contribution in [3.8, 4) is 5.88 Å². The number of rotatable bonds is 7. The monoisotopic (exact) mass is 529 g/mol. The average molecular weight is 529 g/mol. The van der Waals surface area contributed by atoms with Crippen LogP contribution in [0, 0.1) is 0 Å². The van der Waals surface area contributed by atoms with E-state index in [-0.39, 0.29) is 30.1 Å². The van der Waals surface area contributed by atoms with Crippen molar-refractivity contribution in [1.82, 2.24) is 15.6 Å². The van der Waals surface area contributed by atoms with Crippen molar-refractivity contribution in [3.05, 3.63) is 41.4 Å². The normalized spacial score (nSPS) is 15.2. The van der Waals surface area contributed by atoms with Crippen molar-refractivity contribution in [2.45, 2.75) is 52.3 Å². The van der Waals surface area contributed by atoms with Crippen molar-refractivity contribution in [1.29, 1.82) is 0 Å². The van der Waals surface area contributed by atoms with Crippen LogP contribution >= 0.6 is 35.3 Å². The van der Waals surface area contributed by atoms with Crippen LogP contribution in [0.2, 0.25) is 0 Å². The third kappa shape index (κ3) is 7.65. The zero-order valence-corrected chi connectivity index (χ0v) is 20.6. The molecular formula is C21H32IN5OS. The lowest BCUT2D eigenvalue weighted by molar-refractivity contribution is 0.232. The van der Waals surface area contributed by atoms with Gasteiger partial charge in [-0.1, -0.05) is 6.07 Å². The predicted octanol–water partition coefficient (Wildman–Crippen LogP) is 4.27. The maximum absolute atomic E-state index is 5.59. The van der Waals surface area contributed by atoms with Crippen LogP contribution in [-0.2, 0) is 6.54 Å². The summed E-state index contributed by atoms with van der Waals surface area (Å²) >= 11 is 1.82. The highest BCUT2D eigenvalue weighted by Crippen LogP contribution is 2.24. The predicted molar refractivity (Wildman–Crippen MR) is 133 cm³/mol. The van der Waals surface area contributed by atoms with Gasteiger partial charge in [0.2, 0.25) is 5.88 Å². The zero-order chi connectivity index (χ0) is 19.8. The molecule has 1 aliphatic rings. The summed E-state index contributed by atoms with van der Waals surface area (Å²) in [5.74, 6) is 1.53. The van der Waals surface area contributed by atoms with Crippen LogP contribution in [0.25, 0.3) is 0 Å². The van der Waals surface area contributed by atoms with Crippen LogP contribution in [0.4, 0.5) is 5.00 Å². The Morgan fingerprint density at radius 1 is 1.31 bits per heavy atom. The Hall–Kier alpha value is -1.55. The molecule has 0 atom stereocenters. The van der Waals surface area contributed by atoms with Gasteiger partial charge in [-0.3, -0.25) is 0 Å². The van der Waals surface area contributed by atoms with E-state index in [1.54, 1.807) is 0 Å². The number of aromatic nitrogens is 1. The quantitative estimate of drug-likeness (QED) is 0.319. The summed E-state index contributed by atoms with van der Waals surface area (Å²) in [6.07, 6.45) is 4.20. The van der Waals surface area contributed by atoms with Gasteiger partial charge in [-0.2, -0.15) is 0 Å². The molecule has 0 bridgehead atoms. The number of nitrogens with zero attached hydrogens (tertiary/aromatic N) is 3. The summed E-state index contributed by atoms with van der Waals surface area (Å²) in [6, 6.07) is 8.71. The molecule has 3 heterocycles. The highest BCUT2D eigenvalue weighted by atomic mass is 127. The first-order valence-electron chi connectivity index (χ1n) is 10.1. The van der Waals surface area contributed by atoms with Crippen molar-refractivity contribution >= 4 is 46.3 Å². The molecule has 0 saturated carbocycles. The van der Waals surface area contributed by atoms with E-state index in [2.05, 4.69) is 45.0 Å². The first-order valence-corrected chi connectivity index (χ1v) is 11.0. The fourth-order valence-electron chi connectivity index (χ4n) is 3.19. The van der Waals surface area contributed by atoms with Crippen molar-refractivity contribution < 1.29 is 4.74 Å². The number of nitrogens with one attached hydrogen (secondary N) is 2. The summed E-state index contributed by atoms with van der Waals surface area (Å²) in [7, 11) is 0. The SMILES string of the molecule is CCNC(=NCc1ccc(OC(C)C)nc1)NC1CCN(c2cccs2)CC1.I. The number of anilines is 1. The number of hydrogen-bond acceptors (Lipinski definition) is 5. The topological polar surface area (TPSA) is 61.8 Å². The van der Waals surface area contributed by atoms with Gasteiger partial charge in [-0.25, -0.2) is 9.98 Å². The number of thiophene rings is 1. The van der Waals surface area contributed by atoms with Gasteiger partial charge in [-0.05, 0) is 56.7 Å². The molecule has 1 aliphatic heterocycles. The first-order chi connectivity index (χ1) is 13.6. The molecule has 8 heteroatoms. The third-order valence-electron chi connectivity index (χ3n) is 4.57. The number of guanidine groups is 1. The molecule has 160 valence electrons. The van der Waals surface area contributed by atoms with E-state index in [4.69, 9.17) is 9.73 Å². The number of ether oxygens (including phenoxy) is 1. The van der Waals surface area contributed by atoms with Crippen molar-refractivity contribution in [2.24, 2.45) is 4.99 Å². The molecule has 2 aromatic heterocycles. The van der Waals surface area contributed by atoms with Crippen LogP contribution in [0.1, 0.15) is 39.2 Å². The molecule has 6 nitrogen and oxygen atoms in total. The van der Waals surface area contributed by atoms with Gasteiger partial charge in [0.25, 0.3) is 0 Å². The molecule has 0 aliphatic carbocycles. The third-order valence-corrected chi connectivity index (χ3v) is 5.50. The van der Waals surface area contributed by atoms with Gasteiger partial charge in [-0.15, -0.1) is 35.3 Å². The smallest absolute Gasteiger partial charge is 0.213 e. The van der Waals surface area contributed by atoms with E-state index in [9.17, 15) is 0 Å². The second-order valence-electron chi connectivity index (χ2n) is 7.22. The minimum Gasteiger partial charge on any atom is -0.475 e. The molecule has 2 aromatic rings. The van der Waals surface area contributed by atoms with Gasteiger partial charge in [0.15, 0.2) is 5.96 Å². The molecule has 0 radical (unpaired) electrons. The highest BCUT2D eigenvalue weighted by Gasteiger charge is 2.20. The van der Waals surface area contributed by atoms with Gasteiger partial charge in [0.1, 0.15) is 0 Å². The molecule has 0 amide bonds. The lowest BCUT2D eigenvalue weighted by Gasteiger charge is -2.33. The molecule has 3 rings (SSSR count). The van der Waals surface area contributed by atoms with E-state index < -0.39 is 0 Å². The number of piperidine rings is 1. The molecule has 0 aromatic carbocycles. The fraction of sp³-hybridized carbons (Fsp3) is 0.524. The van der Waals surface area contributed by atoms with E-state index in [1.165, 1.54) is 5.00 Å². The Morgan fingerprint density at radius 3 is 2.69 bits per heavy atom. The molecular weight excluding hydrogens is 497 g/mol. The van der Waals surface area contributed by atoms with Crippen LogP contribution in [-0.4, -0.2) is 42.7 Å². The summed E-state index contributed by atoms with van der Waals surface area (Å²) in [5.41, 5.74) is 1.07. The highest BCUT2D eigenvalue weighted by molar-refractivity contribution is 14.0. The Balaban J connectivity index is 0.00000300. The standard InChI is InChI=1S/C21H31N5OS.HI/c1-4-22-21(24-15-17-7-8-19(23-14-17)27-16(2)3)25-18-9-11-26(12-10-18)20-6-5-13-28-20;/h5-8,13-14,16,18H,4,9-12,15H2,1-3H3,(H2,22,24,25);1H. The number of aliphatic imine (C=N–C) groups is 1. The minimum absolute atomic E-state index is 0. The molecule has 2 N–H and O–H groups in total. The number of hydrogen-bond donors (Lipinski definition) is 2. The number of pyridine rings is 1. The summed E-state index contributed by atoms with van der Waals surface area (Å²) in [4.78, 5) is 11.6. The fourth-order valence-corrected chi connectivity index (χ4v) is 3.98. The minimum atomic E-state index is 0. The lowest BCUT2D eigenvalue weighted by atomic mass is 10.1. The van der Waals surface area contributed by atoms with Crippen molar-refractivity contribution in [3.63, 3.8) is 0 Å². The Morgan fingerprint density at radius 2 is 2.10 bits per heavy atom. The second kappa shape index (κ2) is 12.2. The molecule has 0 spiro atoms. The Labute approximate surface area is 195 Å². The van der Waals surface area contributed by atoms with E-state index >= 15 is 0 Å². The van der Waals surface area contributed by atoms with Gasteiger partial charge in [0, 0.05) is 37.9 Å². The maximum Gasteiger partial charge on any atom is 0.213 e. The largest absolute Gasteiger partial charge is 0.475 e. The average Bonchev–Trinajstić information content (AvgIpc) is 3.22. The van der Waals surface area contributed by atoms with Crippen LogP contribution in [0.5, 0.6) is 5.88 Å². The summed E-state index contributed by atoms with van der Waals surface area (Å²) < 4.78 is 5.59. The summed E-state index contributed by atoms with van der Waals surface area (Å²) in [6.45, 7) is 9.70. The van der Waals surface area contributed by atoms with Crippen LogP contribution in [0.15, 0.2) is 40.8 Å². The van der Waals surface area contributed by atoms with Gasteiger partial charge >= 0.3 is 0 Å². The maximum atomic E-state index is 5.59. The van der Waals surface area contributed by atoms with Crippen LogP contribution in [0.3, 0.4) is 0 Å². The molecule has 29 heavy (non-hydrogen) atoms. The summed E-state index contributed by atoms with van der Waals surface area (Å²) in [5, 5.41) is 10.5. The number of halogens is 1. The van der Waals surface area contributed by atoms with Crippen molar-refractivity contribution in [2.75, 3.05) is 24.5 Å². The lowest BCUT2D eigenvalue weighted by Crippen LogP contribution is -2.48. The molecule has 1 fully saturated rings. The van der Waals surface area contributed by atoms with Gasteiger partial charge in [0.05, 0.1) is 17.6 Å². The Bertz CT molecular complexity index is 728. The van der Waals surface area contributed by atoms with E-state index in [0.29, 0.717) is 18.5 Å². The Kier molecular flexibility index (Phi) is 9.99. The van der Waals surface area contributed by atoms with Crippen LogP contribution < -0.4 is 20.3 Å². The van der Waals surface area contributed by atoms with E-state index in [1.807, 2.05) is 43.5 Å². The van der Waals surface area contributed by atoms with Gasteiger partial charge < -0.3 is 20.3 Å². The first kappa shape index (κ1) is 23.7.